The molecule has 0 heterocycles. The minimum absolute atomic E-state index is 0.199. The number of aromatic carboxylic acids is 1. The number of amides is 1. The minimum Gasteiger partial charge on any atom is -0.478 e. The monoisotopic (exact) mass is 365 g/mol. The Hall–Kier alpha value is -3.11. The minimum atomic E-state index is -4.28. The van der Waals surface area contributed by atoms with E-state index in [9.17, 15) is 18.0 Å². The number of nitrogens with two attached hydrogens (primary N) is 2. The van der Waals surface area contributed by atoms with Crippen LogP contribution in [0.25, 0.3) is 0 Å². The molecule has 0 spiro atoms. The SMILES string of the molecule is CC(=O)Nc1ccc(Oc2c(N)cc(C(=O)O)cc2S(N)(=O)=O)cc1. The average molecular weight is 365 g/mol. The molecule has 0 saturated carbocycles. The van der Waals surface area contributed by atoms with Gasteiger partial charge < -0.3 is 20.9 Å². The molecule has 6 N–H and O–H groups in total. The first-order valence-electron chi connectivity index (χ1n) is 6.83. The molecule has 0 aliphatic heterocycles. The van der Waals surface area contributed by atoms with E-state index in [1.807, 2.05) is 0 Å². The van der Waals surface area contributed by atoms with Crippen molar-refractivity contribution in [3.05, 3.63) is 42.0 Å². The van der Waals surface area contributed by atoms with Gasteiger partial charge in [0.05, 0.1) is 11.3 Å². The van der Waals surface area contributed by atoms with Crippen molar-refractivity contribution in [2.24, 2.45) is 5.14 Å². The van der Waals surface area contributed by atoms with Crippen molar-refractivity contribution >= 4 is 33.3 Å². The van der Waals surface area contributed by atoms with Crippen molar-refractivity contribution in [3.8, 4) is 11.5 Å². The summed E-state index contributed by atoms with van der Waals surface area (Å²) in [6, 6.07) is 7.96. The van der Waals surface area contributed by atoms with Crippen molar-refractivity contribution in [1.82, 2.24) is 0 Å². The summed E-state index contributed by atoms with van der Waals surface area (Å²) in [5, 5.41) is 16.7. The number of rotatable bonds is 5. The molecule has 0 bridgehead atoms. The lowest BCUT2D eigenvalue weighted by atomic mass is 10.2. The quantitative estimate of drug-likeness (QED) is 0.581. The molecule has 0 saturated heterocycles. The third-order valence-electron chi connectivity index (χ3n) is 3.03. The summed E-state index contributed by atoms with van der Waals surface area (Å²) in [4.78, 5) is 21.5. The summed E-state index contributed by atoms with van der Waals surface area (Å²) in [5.74, 6) is -1.67. The fraction of sp³-hybridized carbons (Fsp3) is 0.0667. The van der Waals surface area contributed by atoms with Crippen LogP contribution in [0.1, 0.15) is 17.3 Å². The van der Waals surface area contributed by atoms with Crippen LogP contribution in [0.2, 0.25) is 0 Å². The molecule has 0 fully saturated rings. The van der Waals surface area contributed by atoms with Gasteiger partial charge in [0.25, 0.3) is 0 Å². The summed E-state index contributed by atoms with van der Waals surface area (Å²) in [7, 11) is -4.28. The predicted molar refractivity (Wildman–Crippen MR) is 90.0 cm³/mol. The first-order chi connectivity index (χ1) is 11.6. The summed E-state index contributed by atoms with van der Waals surface area (Å²) >= 11 is 0. The molecule has 0 unspecified atom stereocenters. The van der Waals surface area contributed by atoms with Crippen molar-refractivity contribution in [1.29, 1.82) is 0 Å². The van der Waals surface area contributed by atoms with E-state index in [4.69, 9.17) is 20.7 Å². The Labute approximate surface area is 143 Å². The highest BCUT2D eigenvalue weighted by atomic mass is 32.2. The number of carboxylic acid groups (broad SMARTS) is 1. The number of hydrogen-bond donors (Lipinski definition) is 4. The number of carbonyl (C=O) groups is 2. The zero-order valence-corrected chi connectivity index (χ0v) is 13.8. The molecule has 0 atom stereocenters. The summed E-state index contributed by atoms with van der Waals surface area (Å²) in [5.41, 5.74) is 5.71. The van der Waals surface area contributed by atoms with Crippen LogP contribution < -0.4 is 20.9 Å². The van der Waals surface area contributed by atoms with E-state index >= 15 is 0 Å². The van der Waals surface area contributed by atoms with Gasteiger partial charge in [0.2, 0.25) is 15.9 Å². The number of carbonyl (C=O) groups excluding carboxylic acids is 1. The fourth-order valence-electron chi connectivity index (χ4n) is 2.00. The molecule has 132 valence electrons. The second kappa shape index (κ2) is 6.79. The molecular weight excluding hydrogens is 350 g/mol. The lowest BCUT2D eigenvalue weighted by Crippen LogP contribution is -2.15. The summed E-state index contributed by atoms with van der Waals surface area (Å²) in [6.07, 6.45) is 0. The standard InChI is InChI=1S/C15H15N3O6S/c1-8(19)18-10-2-4-11(5-3-10)24-14-12(16)6-9(15(20)21)7-13(14)25(17,22)23/h2-7H,16H2,1H3,(H,18,19)(H,20,21)(H2,17,22,23). The molecular formula is C15H15N3O6S. The highest BCUT2D eigenvalue weighted by molar-refractivity contribution is 7.89. The molecule has 1 amide bonds. The third-order valence-corrected chi connectivity index (χ3v) is 3.95. The van der Waals surface area contributed by atoms with E-state index in [-0.39, 0.29) is 28.7 Å². The van der Waals surface area contributed by atoms with Gasteiger partial charge >= 0.3 is 5.97 Å². The highest BCUT2D eigenvalue weighted by Gasteiger charge is 2.22. The van der Waals surface area contributed by atoms with Crippen LogP contribution in [-0.2, 0) is 14.8 Å². The Kier molecular flexibility index (Phi) is 4.95. The van der Waals surface area contributed by atoms with Crippen LogP contribution in [0.15, 0.2) is 41.3 Å². The lowest BCUT2D eigenvalue weighted by Gasteiger charge is -2.14. The van der Waals surface area contributed by atoms with Gasteiger partial charge in [0.1, 0.15) is 10.6 Å². The van der Waals surface area contributed by atoms with Gasteiger partial charge in [-0.25, -0.2) is 18.4 Å². The number of ether oxygens (including phenoxy) is 1. The van der Waals surface area contributed by atoms with Crippen LogP contribution in [-0.4, -0.2) is 25.4 Å². The molecule has 0 aliphatic carbocycles. The molecule has 10 heteroatoms. The fourth-order valence-corrected chi connectivity index (χ4v) is 2.70. The zero-order chi connectivity index (χ0) is 18.8. The highest BCUT2D eigenvalue weighted by Crippen LogP contribution is 2.35. The number of anilines is 2. The Morgan fingerprint density at radius 3 is 2.24 bits per heavy atom. The molecule has 2 rings (SSSR count). The van der Waals surface area contributed by atoms with E-state index in [2.05, 4.69) is 5.32 Å². The van der Waals surface area contributed by atoms with Crippen molar-refractivity contribution < 1.29 is 27.9 Å². The van der Waals surface area contributed by atoms with Crippen molar-refractivity contribution in [3.63, 3.8) is 0 Å². The topological polar surface area (TPSA) is 162 Å². The molecule has 9 nitrogen and oxygen atoms in total. The van der Waals surface area contributed by atoms with E-state index in [0.29, 0.717) is 5.69 Å². The molecule has 0 aromatic heterocycles. The number of benzene rings is 2. The maximum Gasteiger partial charge on any atom is 0.335 e. The molecule has 0 radical (unpaired) electrons. The lowest BCUT2D eigenvalue weighted by molar-refractivity contribution is -0.114. The first kappa shape index (κ1) is 18.2. The number of nitrogen functional groups attached to an aromatic ring is 1. The zero-order valence-electron chi connectivity index (χ0n) is 13.0. The second-order valence-electron chi connectivity index (χ2n) is 5.05. The maximum absolute atomic E-state index is 11.7. The van der Waals surface area contributed by atoms with Gasteiger partial charge in [-0.05, 0) is 36.4 Å². The molecule has 2 aromatic carbocycles. The first-order valence-corrected chi connectivity index (χ1v) is 8.37. The Morgan fingerprint density at radius 1 is 1.16 bits per heavy atom. The average Bonchev–Trinajstić information content (AvgIpc) is 2.49. The maximum atomic E-state index is 11.7. The van der Waals surface area contributed by atoms with E-state index in [0.717, 1.165) is 12.1 Å². The van der Waals surface area contributed by atoms with Gasteiger partial charge in [-0.1, -0.05) is 0 Å². The molecule has 2 aromatic rings. The van der Waals surface area contributed by atoms with Crippen LogP contribution in [0.4, 0.5) is 11.4 Å². The Bertz CT molecular complexity index is 938. The van der Waals surface area contributed by atoms with Crippen LogP contribution in [0, 0.1) is 0 Å². The Morgan fingerprint density at radius 2 is 1.76 bits per heavy atom. The van der Waals surface area contributed by atoms with Crippen LogP contribution in [0.3, 0.4) is 0 Å². The normalized spacial score (nSPS) is 11.0. The number of sulfonamides is 1. The number of primary sulfonamides is 1. The van der Waals surface area contributed by atoms with E-state index in [1.165, 1.54) is 31.2 Å². The summed E-state index contributed by atoms with van der Waals surface area (Å²) in [6.45, 7) is 1.35. The van der Waals surface area contributed by atoms with Crippen molar-refractivity contribution in [2.75, 3.05) is 11.1 Å². The number of nitrogens with one attached hydrogen (secondary N) is 1. The van der Waals surface area contributed by atoms with Gasteiger partial charge in [-0.15, -0.1) is 0 Å². The number of carboxylic acids is 1. The van der Waals surface area contributed by atoms with E-state index < -0.39 is 20.9 Å². The van der Waals surface area contributed by atoms with Crippen LogP contribution in [0.5, 0.6) is 11.5 Å². The van der Waals surface area contributed by atoms with Crippen molar-refractivity contribution in [2.45, 2.75) is 11.8 Å². The van der Waals surface area contributed by atoms with Gasteiger partial charge in [-0.3, -0.25) is 4.79 Å². The van der Waals surface area contributed by atoms with E-state index in [1.54, 1.807) is 0 Å². The third kappa shape index (κ3) is 4.46. The van der Waals surface area contributed by atoms with Gasteiger partial charge in [-0.2, -0.15) is 0 Å². The molecule has 0 aliphatic rings. The number of hydrogen-bond acceptors (Lipinski definition) is 6. The largest absolute Gasteiger partial charge is 0.478 e. The molecule has 25 heavy (non-hydrogen) atoms. The second-order valence-corrected chi connectivity index (χ2v) is 6.58. The Balaban J connectivity index is 2.45. The predicted octanol–water partition coefficient (Wildman–Crippen LogP) is 1.37. The van der Waals surface area contributed by atoms with Gasteiger partial charge in [0, 0.05) is 12.6 Å². The smallest absolute Gasteiger partial charge is 0.335 e. The van der Waals surface area contributed by atoms with Gasteiger partial charge in [0.15, 0.2) is 5.75 Å². The summed E-state index contributed by atoms with van der Waals surface area (Å²) < 4.78 is 29.0. The van der Waals surface area contributed by atoms with Crippen LogP contribution >= 0.6 is 0 Å².